The number of hydrogen-bond donors (Lipinski definition) is 2. The Hall–Kier alpha value is -1.74. The van der Waals surface area contributed by atoms with Gasteiger partial charge in [-0.15, -0.1) is 0 Å². The summed E-state index contributed by atoms with van der Waals surface area (Å²) in [6, 6.07) is 11.9. The molecule has 0 aliphatic rings. The standard InChI is InChI=1S/C15H15ClFNO/c1-10(9-11-5-7-12(19)8-6-11)18-14-4-2-3-13(16)15(14)17/h2-8,10,18-19H,9H2,1H3. The minimum Gasteiger partial charge on any atom is -0.508 e. The smallest absolute Gasteiger partial charge is 0.164 e. The van der Waals surface area contributed by atoms with Gasteiger partial charge in [0.1, 0.15) is 5.75 Å². The number of phenols is 1. The normalized spacial score (nSPS) is 12.2. The Balaban J connectivity index is 2.03. The van der Waals surface area contributed by atoms with Crippen LogP contribution in [0.2, 0.25) is 5.02 Å². The highest BCUT2D eigenvalue weighted by molar-refractivity contribution is 6.31. The van der Waals surface area contributed by atoms with Gasteiger partial charge in [0.05, 0.1) is 10.7 Å². The summed E-state index contributed by atoms with van der Waals surface area (Å²) in [6.45, 7) is 1.97. The minimum atomic E-state index is -0.429. The lowest BCUT2D eigenvalue weighted by atomic mass is 10.1. The minimum absolute atomic E-state index is 0.0532. The molecule has 2 aromatic carbocycles. The molecular formula is C15H15ClFNO. The van der Waals surface area contributed by atoms with Crippen molar-refractivity contribution in [3.63, 3.8) is 0 Å². The van der Waals surface area contributed by atoms with E-state index in [0.717, 1.165) is 12.0 Å². The summed E-state index contributed by atoms with van der Waals surface area (Å²) in [4.78, 5) is 0. The third kappa shape index (κ3) is 3.61. The van der Waals surface area contributed by atoms with Crippen molar-refractivity contribution in [3.05, 3.63) is 58.9 Å². The van der Waals surface area contributed by atoms with Crippen LogP contribution in [0.15, 0.2) is 42.5 Å². The van der Waals surface area contributed by atoms with Crippen LogP contribution in [-0.2, 0) is 6.42 Å². The summed E-state index contributed by atoms with van der Waals surface area (Å²) in [5.41, 5.74) is 1.47. The highest BCUT2D eigenvalue weighted by Gasteiger charge is 2.09. The molecular weight excluding hydrogens is 265 g/mol. The van der Waals surface area contributed by atoms with E-state index < -0.39 is 5.82 Å². The molecule has 0 radical (unpaired) electrons. The molecule has 0 fully saturated rings. The molecule has 0 bridgehead atoms. The Bertz CT molecular complexity index is 557. The van der Waals surface area contributed by atoms with Gasteiger partial charge in [0.15, 0.2) is 5.82 Å². The number of nitrogens with one attached hydrogen (secondary N) is 1. The maximum Gasteiger partial charge on any atom is 0.164 e. The van der Waals surface area contributed by atoms with E-state index in [9.17, 15) is 9.50 Å². The number of phenolic OH excluding ortho intramolecular Hbond substituents is 1. The van der Waals surface area contributed by atoms with Crippen molar-refractivity contribution >= 4 is 17.3 Å². The van der Waals surface area contributed by atoms with Gasteiger partial charge in [-0.1, -0.05) is 29.8 Å². The Labute approximate surface area is 116 Å². The van der Waals surface area contributed by atoms with E-state index in [4.69, 9.17) is 11.6 Å². The van der Waals surface area contributed by atoms with Crippen molar-refractivity contribution in [1.29, 1.82) is 0 Å². The predicted octanol–water partition coefficient (Wildman–Crippen LogP) is 4.23. The maximum absolute atomic E-state index is 13.7. The molecule has 2 rings (SSSR count). The van der Waals surface area contributed by atoms with Crippen LogP contribution in [-0.4, -0.2) is 11.1 Å². The van der Waals surface area contributed by atoms with Crippen LogP contribution < -0.4 is 5.32 Å². The van der Waals surface area contributed by atoms with Gasteiger partial charge in [-0.25, -0.2) is 4.39 Å². The monoisotopic (exact) mass is 279 g/mol. The number of halogens is 2. The summed E-state index contributed by atoms with van der Waals surface area (Å²) in [7, 11) is 0. The quantitative estimate of drug-likeness (QED) is 0.878. The topological polar surface area (TPSA) is 32.3 Å². The average molecular weight is 280 g/mol. The van der Waals surface area contributed by atoms with Crippen molar-refractivity contribution < 1.29 is 9.50 Å². The first kappa shape index (κ1) is 13.7. The zero-order valence-corrected chi connectivity index (χ0v) is 11.3. The molecule has 0 heterocycles. The summed E-state index contributed by atoms with van der Waals surface area (Å²) >= 11 is 5.73. The molecule has 2 N–H and O–H groups in total. The predicted molar refractivity (Wildman–Crippen MR) is 76.3 cm³/mol. The molecule has 0 amide bonds. The molecule has 1 unspecified atom stereocenters. The van der Waals surface area contributed by atoms with Crippen LogP contribution in [0.1, 0.15) is 12.5 Å². The van der Waals surface area contributed by atoms with Crippen LogP contribution in [0.4, 0.5) is 10.1 Å². The van der Waals surface area contributed by atoms with E-state index in [0.29, 0.717) is 5.69 Å². The maximum atomic E-state index is 13.7. The molecule has 0 aromatic heterocycles. The molecule has 0 saturated heterocycles. The van der Waals surface area contributed by atoms with Crippen LogP contribution >= 0.6 is 11.6 Å². The number of anilines is 1. The highest BCUT2D eigenvalue weighted by atomic mass is 35.5. The van der Waals surface area contributed by atoms with Crippen molar-refractivity contribution in [2.45, 2.75) is 19.4 Å². The second-order valence-electron chi connectivity index (χ2n) is 4.52. The second-order valence-corrected chi connectivity index (χ2v) is 4.92. The van der Waals surface area contributed by atoms with Gasteiger partial charge in [0.25, 0.3) is 0 Å². The molecule has 0 saturated carbocycles. The molecule has 2 aromatic rings. The van der Waals surface area contributed by atoms with E-state index in [1.165, 1.54) is 6.07 Å². The number of aromatic hydroxyl groups is 1. The van der Waals surface area contributed by atoms with Crippen molar-refractivity contribution in [2.75, 3.05) is 5.32 Å². The molecule has 0 aliphatic heterocycles. The molecule has 0 aliphatic carbocycles. The first-order chi connectivity index (χ1) is 9.06. The van der Waals surface area contributed by atoms with E-state index in [2.05, 4.69) is 5.32 Å². The van der Waals surface area contributed by atoms with Crippen molar-refractivity contribution in [1.82, 2.24) is 0 Å². The van der Waals surface area contributed by atoms with Crippen molar-refractivity contribution in [3.8, 4) is 5.75 Å². The fourth-order valence-electron chi connectivity index (χ4n) is 1.92. The van der Waals surface area contributed by atoms with Gasteiger partial charge < -0.3 is 10.4 Å². The first-order valence-electron chi connectivity index (χ1n) is 6.04. The van der Waals surface area contributed by atoms with Gasteiger partial charge in [-0.05, 0) is 43.2 Å². The van der Waals surface area contributed by atoms with Crippen LogP contribution in [0.5, 0.6) is 5.75 Å². The summed E-state index contributed by atoms with van der Waals surface area (Å²) < 4.78 is 13.7. The summed E-state index contributed by atoms with van der Waals surface area (Å²) in [5.74, 6) is -0.188. The molecule has 1 atom stereocenters. The molecule has 4 heteroatoms. The number of rotatable bonds is 4. The van der Waals surface area contributed by atoms with Crippen LogP contribution in [0.3, 0.4) is 0 Å². The van der Waals surface area contributed by atoms with Gasteiger partial charge in [0.2, 0.25) is 0 Å². The Morgan fingerprint density at radius 3 is 2.58 bits per heavy atom. The SMILES string of the molecule is CC(Cc1ccc(O)cc1)Nc1cccc(Cl)c1F. The van der Waals surface area contributed by atoms with E-state index in [-0.39, 0.29) is 16.8 Å². The molecule has 2 nitrogen and oxygen atoms in total. The fourth-order valence-corrected chi connectivity index (χ4v) is 2.09. The molecule has 100 valence electrons. The Morgan fingerprint density at radius 2 is 1.89 bits per heavy atom. The van der Waals surface area contributed by atoms with Gasteiger partial charge in [-0.3, -0.25) is 0 Å². The van der Waals surface area contributed by atoms with Crippen LogP contribution in [0, 0.1) is 5.82 Å². The Kier molecular flexibility index (Phi) is 4.27. The van der Waals surface area contributed by atoms with Crippen LogP contribution in [0.25, 0.3) is 0 Å². The summed E-state index contributed by atoms with van der Waals surface area (Å²) in [5, 5.41) is 12.4. The molecule has 0 spiro atoms. The lowest BCUT2D eigenvalue weighted by Gasteiger charge is -2.16. The van der Waals surface area contributed by atoms with Gasteiger partial charge >= 0.3 is 0 Å². The highest BCUT2D eigenvalue weighted by Crippen LogP contribution is 2.23. The summed E-state index contributed by atoms with van der Waals surface area (Å²) in [6.07, 6.45) is 0.728. The van der Waals surface area contributed by atoms with Gasteiger partial charge in [0, 0.05) is 6.04 Å². The zero-order chi connectivity index (χ0) is 13.8. The number of benzene rings is 2. The lowest BCUT2D eigenvalue weighted by molar-refractivity contribution is 0.475. The number of hydrogen-bond acceptors (Lipinski definition) is 2. The van der Waals surface area contributed by atoms with Crippen molar-refractivity contribution in [2.24, 2.45) is 0 Å². The van der Waals surface area contributed by atoms with E-state index in [1.54, 1.807) is 24.3 Å². The zero-order valence-electron chi connectivity index (χ0n) is 10.5. The fraction of sp³-hybridized carbons (Fsp3) is 0.200. The third-order valence-corrected chi connectivity index (χ3v) is 3.12. The van der Waals surface area contributed by atoms with E-state index >= 15 is 0 Å². The lowest BCUT2D eigenvalue weighted by Crippen LogP contribution is -2.18. The third-order valence-electron chi connectivity index (χ3n) is 2.83. The average Bonchev–Trinajstić information content (AvgIpc) is 2.38. The van der Waals surface area contributed by atoms with Gasteiger partial charge in [-0.2, -0.15) is 0 Å². The van der Waals surface area contributed by atoms with E-state index in [1.807, 2.05) is 19.1 Å². The largest absolute Gasteiger partial charge is 0.508 e. The Morgan fingerprint density at radius 1 is 1.21 bits per heavy atom. The second kappa shape index (κ2) is 5.93. The molecule has 19 heavy (non-hydrogen) atoms. The first-order valence-corrected chi connectivity index (χ1v) is 6.42.